The molecule has 1 nitrogen and oxygen atoms in total. The van der Waals surface area contributed by atoms with Crippen molar-refractivity contribution in [1.29, 1.82) is 0 Å². The first-order chi connectivity index (χ1) is 5.72. The van der Waals surface area contributed by atoms with Crippen molar-refractivity contribution in [3.05, 3.63) is 29.8 Å². The molecule has 3 heteroatoms. The SMILES string of the molecule is CC(=O)Cc1ccc(SCl)cc1. The Morgan fingerprint density at radius 1 is 1.42 bits per heavy atom. The first-order valence-electron chi connectivity index (χ1n) is 3.59. The minimum Gasteiger partial charge on any atom is -0.300 e. The van der Waals surface area contributed by atoms with Crippen molar-refractivity contribution in [2.24, 2.45) is 0 Å². The van der Waals surface area contributed by atoms with E-state index in [1.165, 1.54) is 11.0 Å². The Morgan fingerprint density at radius 3 is 2.42 bits per heavy atom. The van der Waals surface area contributed by atoms with Crippen LogP contribution in [0.25, 0.3) is 0 Å². The lowest BCUT2D eigenvalue weighted by atomic mass is 10.1. The van der Waals surface area contributed by atoms with Gasteiger partial charge in [0.25, 0.3) is 0 Å². The Bertz CT molecular complexity index is 268. The van der Waals surface area contributed by atoms with Crippen molar-refractivity contribution >= 4 is 27.4 Å². The molecule has 1 aromatic carbocycles. The molecule has 0 spiro atoms. The average Bonchev–Trinajstić information content (AvgIpc) is 2.05. The van der Waals surface area contributed by atoms with E-state index in [1.54, 1.807) is 6.92 Å². The molecule has 0 unspecified atom stereocenters. The molecule has 1 aromatic rings. The van der Waals surface area contributed by atoms with Crippen LogP contribution in [0.15, 0.2) is 29.2 Å². The summed E-state index contributed by atoms with van der Waals surface area (Å²) >= 11 is 0. The monoisotopic (exact) mass is 200 g/mol. The molecule has 0 aliphatic carbocycles. The van der Waals surface area contributed by atoms with Crippen molar-refractivity contribution < 1.29 is 4.79 Å². The highest BCUT2D eigenvalue weighted by Crippen LogP contribution is 2.21. The number of ketones is 1. The lowest BCUT2D eigenvalue weighted by Crippen LogP contribution is -1.95. The molecule has 0 N–H and O–H groups in total. The van der Waals surface area contributed by atoms with E-state index in [2.05, 4.69) is 0 Å². The molecule has 0 aliphatic rings. The lowest BCUT2D eigenvalue weighted by Gasteiger charge is -1.97. The fraction of sp³-hybridized carbons (Fsp3) is 0.222. The second kappa shape index (κ2) is 4.53. The van der Waals surface area contributed by atoms with Gasteiger partial charge in [-0.15, -0.1) is 0 Å². The average molecular weight is 201 g/mol. The molecule has 0 bridgehead atoms. The first-order valence-corrected chi connectivity index (χ1v) is 5.23. The Balaban J connectivity index is 2.71. The standard InChI is InChI=1S/C9H9ClOS/c1-7(11)6-8-2-4-9(12-10)5-3-8/h2-5H,6H2,1H3. The van der Waals surface area contributed by atoms with E-state index in [0.29, 0.717) is 6.42 Å². The van der Waals surface area contributed by atoms with E-state index in [0.717, 1.165) is 10.5 Å². The molecule has 0 atom stereocenters. The van der Waals surface area contributed by atoms with Crippen LogP contribution in [-0.4, -0.2) is 5.78 Å². The highest BCUT2D eigenvalue weighted by molar-refractivity contribution is 8.21. The van der Waals surface area contributed by atoms with Gasteiger partial charge in [-0.3, -0.25) is 4.79 Å². The zero-order valence-electron chi connectivity index (χ0n) is 6.71. The third-order valence-electron chi connectivity index (χ3n) is 1.47. The van der Waals surface area contributed by atoms with Gasteiger partial charge in [-0.1, -0.05) is 12.1 Å². The van der Waals surface area contributed by atoms with E-state index < -0.39 is 0 Å². The van der Waals surface area contributed by atoms with E-state index in [-0.39, 0.29) is 5.78 Å². The summed E-state index contributed by atoms with van der Waals surface area (Å²) in [6, 6.07) is 7.67. The molecule has 0 saturated carbocycles. The largest absolute Gasteiger partial charge is 0.300 e. The van der Waals surface area contributed by atoms with Gasteiger partial charge in [-0.05, 0) is 46.3 Å². The third kappa shape index (κ3) is 2.88. The molecule has 0 saturated heterocycles. The number of carbonyl (C=O) groups is 1. The predicted octanol–water partition coefficient (Wildman–Crippen LogP) is 3.06. The minimum absolute atomic E-state index is 0.182. The van der Waals surface area contributed by atoms with Crippen LogP contribution in [0.2, 0.25) is 0 Å². The second-order valence-electron chi connectivity index (χ2n) is 2.60. The lowest BCUT2D eigenvalue weighted by molar-refractivity contribution is -0.116. The van der Waals surface area contributed by atoms with Crippen LogP contribution in [0.3, 0.4) is 0 Å². The molecule has 0 radical (unpaired) electrons. The van der Waals surface area contributed by atoms with Gasteiger partial charge in [0.15, 0.2) is 0 Å². The Kier molecular flexibility index (Phi) is 3.63. The molecule has 12 heavy (non-hydrogen) atoms. The van der Waals surface area contributed by atoms with Crippen LogP contribution in [0, 0.1) is 0 Å². The molecule has 0 amide bonds. The summed E-state index contributed by atoms with van der Waals surface area (Å²) in [6.07, 6.45) is 0.507. The number of Topliss-reactive ketones (excluding diaryl/α,β-unsaturated/α-hetero) is 1. The summed E-state index contributed by atoms with van der Waals surface area (Å²) in [6.45, 7) is 1.59. The van der Waals surface area contributed by atoms with Crippen LogP contribution >= 0.6 is 21.7 Å². The first kappa shape index (κ1) is 9.62. The summed E-state index contributed by atoms with van der Waals surface area (Å²) in [5.74, 6) is 0.182. The number of benzene rings is 1. The number of carbonyl (C=O) groups excluding carboxylic acids is 1. The predicted molar refractivity (Wildman–Crippen MR) is 52.5 cm³/mol. The molecular formula is C9H9ClOS. The van der Waals surface area contributed by atoms with Gasteiger partial charge in [0.05, 0.1) is 0 Å². The normalized spacial score (nSPS) is 9.83. The fourth-order valence-electron chi connectivity index (χ4n) is 0.946. The molecule has 0 aliphatic heterocycles. The Labute approximate surface area is 80.6 Å². The van der Waals surface area contributed by atoms with Gasteiger partial charge >= 0.3 is 0 Å². The zero-order valence-corrected chi connectivity index (χ0v) is 8.28. The fourth-order valence-corrected chi connectivity index (χ4v) is 1.49. The molecule has 64 valence electrons. The van der Waals surface area contributed by atoms with E-state index in [9.17, 15) is 4.79 Å². The molecule has 0 aromatic heterocycles. The summed E-state index contributed by atoms with van der Waals surface area (Å²) in [5.41, 5.74) is 1.04. The molecule has 1 rings (SSSR count). The maximum absolute atomic E-state index is 10.7. The summed E-state index contributed by atoms with van der Waals surface area (Å²) in [7, 11) is 6.72. The highest BCUT2D eigenvalue weighted by Gasteiger charge is 1.97. The van der Waals surface area contributed by atoms with Gasteiger partial charge in [-0.2, -0.15) is 0 Å². The van der Waals surface area contributed by atoms with Crippen molar-refractivity contribution in [3.8, 4) is 0 Å². The second-order valence-corrected chi connectivity index (χ2v) is 3.69. The number of hydrogen-bond acceptors (Lipinski definition) is 2. The summed E-state index contributed by atoms with van der Waals surface area (Å²) < 4.78 is 0. The van der Waals surface area contributed by atoms with Crippen LogP contribution in [-0.2, 0) is 11.2 Å². The summed E-state index contributed by atoms with van der Waals surface area (Å²) in [4.78, 5) is 11.7. The zero-order chi connectivity index (χ0) is 8.97. The molecule has 0 heterocycles. The number of halogens is 1. The smallest absolute Gasteiger partial charge is 0.134 e. The Morgan fingerprint density at radius 2 is 2.00 bits per heavy atom. The van der Waals surface area contributed by atoms with Gasteiger partial charge in [-0.25, -0.2) is 0 Å². The van der Waals surface area contributed by atoms with Gasteiger partial charge in [0, 0.05) is 11.3 Å². The topological polar surface area (TPSA) is 17.1 Å². The maximum Gasteiger partial charge on any atom is 0.134 e. The Hall–Kier alpha value is -0.470. The van der Waals surface area contributed by atoms with Crippen LogP contribution in [0.5, 0.6) is 0 Å². The van der Waals surface area contributed by atoms with Gasteiger partial charge in [0.1, 0.15) is 5.78 Å². The van der Waals surface area contributed by atoms with E-state index in [4.69, 9.17) is 10.7 Å². The van der Waals surface area contributed by atoms with Gasteiger partial charge in [0.2, 0.25) is 0 Å². The maximum atomic E-state index is 10.7. The highest BCUT2D eigenvalue weighted by atomic mass is 35.7. The van der Waals surface area contributed by atoms with Crippen LogP contribution < -0.4 is 0 Å². The number of hydrogen-bond donors (Lipinski definition) is 0. The third-order valence-corrected chi connectivity index (χ3v) is 2.45. The van der Waals surface area contributed by atoms with E-state index in [1.807, 2.05) is 24.3 Å². The minimum atomic E-state index is 0.182. The van der Waals surface area contributed by atoms with Crippen molar-refractivity contribution in [1.82, 2.24) is 0 Å². The van der Waals surface area contributed by atoms with Crippen molar-refractivity contribution in [2.45, 2.75) is 18.2 Å². The van der Waals surface area contributed by atoms with Crippen molar-refractivity contribution in [2.75, 3.05) is 0 Å². The van der Waals surface area contributed by atoms with Gasteiger partial charge < -0.3 is 0 Å². The van der Waals surface area contributed by atoms with Crippen molar-refractivity contribution in [3.63, 3.8) is 0 Å². The summed E-state index contributed by atoms with van der Waals surface area (Å²) in [5, 5.41) is 0. The van der Waals surface area contributed by atoms with Crippen LogP contribution in [0.4, 0.5) is 0 Å². The molecular weight excluding hydrogens is 192 g/mol. The van der Waals surface area contributed by atoms with Crippen LogP contribution in [0.1, 0.15) is 12.5 Å². The quantitative estimate of drug-likeness (QED) is 0.746. The molecule has 0 fully saturated rings. The van der Waals surface area contributed by atoms with E-state index >= 15 is 0 Å². The number of rotatable bonds is 3.